The summed E-state index contributed by atoms with van der Waals surface area (Å²) in [5.41, 5.74) is 3.73. The maximum atomic E-state index is 2.48. The average Bonchev–Trinajstić information content (AvgIpc) is 2.94. The quantitative estimate of drug-likeness (QED) is 0.526. The third-order valence-corrected chi connectivity index (χ3v) is 5.34. The maximum absolute atomic E-state index is 2.48. The van der Waals surface area contributed by atoms with E-state index in [1.165, 1.54) is 38.5 Å². The minimum Gasteiger partial charge on any atom is -0.0879 e. The molecular formula is C16H20. The minimum absolute atomic E-state index is 0.915. The van der Waals surface area contributed by atoms with Crippen molar-refractivity contribution >= 4 is 0 Å². The van der Waals surface area contributed by atoms with Crippen molar-refractivity contribution in [3.63, 3.8) is 0 Å². The van der Waals surface area contributed by atoms with Gasteiger partial charge in [0, 0.05) is 0 Å². The number of hydrogen-bond acceptors (Lipinski definition) is 0. The van der Waals surface area contributed by atoms with E-state index in [0.29, 0.717) is 0 Å². The van der Waals surface area contributed by atoms with Crippen molar-refractivity contribution in [2.24, 2.45) is 23.7 Å². The lowest BCUT2D eigenvalue weighted by Gasteiger charge is -2.05. The summed E-state index contributed by atoms with van der Waals surface area (Å²) in [5.74, 6) is 3.80. The van der Waals surface area contributed by atoms with Crippen LogP contribution in [0.15, 0.2) is 35.5 Å². The van der Waals surface area contributed by atoms with E-state index in [4.69, 9.17) is 0 Å². The highest BCUT2D eigenvalue weighted by atomic mass is 14.4. The van der Waals surface area contributed by atoms with Crippen LogP contribution in [0.4, 0.5) is 0 Å². The van der Waals surface area contributed by atoms with Crippen LogP contribution in [-0.4, -0.2) is 0 Å². The van der Waals surface area contributed by atoms with Crippen LogP contribution in [-0.2, 0) is 0 Å². The lowest BCUT2D eigenvalue weighted by Crippen LogP contribution is -1.96. The number of allylic oxidation sites excluding steroid dienone is 6. The lowest BCUT2D eigenvalue weighted by molar-refractivity contribution is 0.496. The first kappa shape index (κ1) is 9.27. The second-order valence-electron chi connectivity index (χ2n) is 6.20. The zero-order chi connectivity index (χ0) is 10.5. The fourth-order valence-corrected chi connectivity index (χ4v) is 4.41. The number of fused-ring (bicyclic) bond motifs is 2. The Balaban J connectivity index is 1.57. The molecule has 0 aromatic carbocycles. The van der Waals surface area contributed by atoms with Crippen molar-refractivity contribution in [1.82, 2.24) is 0 Å². The molecular weight excluding hydrogens is 192 g/mol. The van der Waals surface area contributed by atoms with Crippen molar-refractivity contribution < 1.29 is 0 Å². The average molecular weight is 212 g/mol. The molecule has 4 aliphatic carbocycles. The molecule has 0 heterocycles. The van der Waals surface area contributed by atoms with Gasteiger partial charge in [-0.1, -0.05) is 35.5 Å². The molecule has 84 valence electrons. The molecule has 4 atom stereocenters. The van der Waals surface area contributed by atoms with E-state index in [1.807, 2.05) is 11.1 Å². The molecule has 0 saturated heterocycles. The molecule has 0 spiro atoms. The molecule has 0 heteroatoms. The molecule has 4 unspecified atom stereocenters. The summed E-state index contributed by atoms with van der Waals surface area (Å²) >= 11 is 0. The molecule has 2 fully saturated rings. The molecule has 0 N–H and O–H groups in total. The van der Waals surface area contributed by atoms with E-state index in [2.05, 4.69) is 24.3 Å². The van der Waals surface area contributed by atoms with Crippen molar-refractivity contribution in [3.05, 3.63) is 35.5 Å². The third-order valence-electron chi connectivity index (χ3n) is 5.34. The Morgan fingerprint density at radius 2 is 1.19 bits per heavy atom. The van der Waals surface area contributed by atoms with Gasteiger partial charge in [-0.25, -0.2) is 0 Å². The van der Waals surface area contributed by atoms with E-state index in [-0.39, 0.29) is 0 Å². The Morgan fingerprint density at radius 3 is 1.62 bits per heavy atom. The first-order valence-electron chi connectivity index (χ1n) is 6.93. The van der Waals surface area contributed by atoms with Gasteiger partial charge in [-0.2, -0.15) is 0 Å². The van der Waals surface area contributed by atoms with Crippen molar-refractivity contribution in [2.45, 2.75) is 38.5 Å². The maximum Gasteiger partial charge on any atom is -0.0162 e. The third kappa shape index (κ3) is 1.28. The second-order valence-corrected chi connectivity index (χ2v) is 6.20. The molecule has 0 amide bonds. The molecule has 0 aromatic rings. The highest BCUT2D eigenvalue weighted by Gasteiger charge is 2.37. The van der Waals surface area contributed by atoms with E-state index in [9.17, 15) is 0 Å². The van der Waals surface area contributed by atoms with Crippen LogP contribution in [0.3, 0.4) is 0 Å². The first-order chi connectivity index (χ1) is 7.90. The molecule has 2 saturated carbocycles. The van der Waals surface area contributed by atoms with Crippen LogP contribution in [0.2, 0.25) is 0 Å². The zero-order valence-corrected chi connectivity index (χ0v) is 9.86. The van der Waals surface area contributed by atoms with Gasteiger partial charge in [-0.15, -0.1) is 0 Å². The van der Waals surface area contributed by atoms with Crippen molar-refractivity contribution in [1.29, 1.82) is 0 Å². The highest BCUT2D eigenvalue weighted by molar-refractivity contribution is 5.29. The van der Waals surface area contributed by atoms with Crippen LogP contribution in [0.5, 0.6) is 0 Å². The van der Waals surface area contributed by atoms with E-state index < -0.39 is 0 Å². The van der Waals surface area contributed by atoms with Crippen molar-refractivity contribution in [2.75, 3.05) is 0 Å². The van der Waals surface area contributed by atoms with Gasteiger partial charge in [0.25, 0.3) is 0 Å². The Morgan fingerprint density at radius 1 is 0.688 bits per heavy atom. The largest absolute Gasteiger partial charge is 0.0879 e. The Labute approximate surface area is 98.1 Å². The normalized spacial score (nSPS) is 49.0. The molecule has 0 radical (unpaired) electrons. The topological polar surface area (TPSA) is 0 Å². The fraction of sp³-hybridized carbons (Fsp3) is 0.625. The van der Waals surface area contributed by atoms with Crippen LogP contribution >= 0.6 is 0 Å². The summed E-state index contributed by atoms with van der Waals surface area (Å²) in [4.78, 5) is 0. The van der Waals surface area contributed by atoms with Gasteiger partial charge in [0.15, 0.2) is 0 Å². The molecule has 0 bridgehead atoms. The first-order valence-corrected chi connectivity index (χ1v) is 6.93. The summed E-state index contributed by atoms with van der Waals surface area (Å²) in [5, 5.41) is 0. The number of hydrogen-bond donors (Lipinski definition) is 0. The van der Waals surface area contributed by atoms with Crippen LogP contribution in [0.25, 0.3) is 0 Å². The summed E-state index contributed by atoms with van der Waals surface area (Å²) in [6.07, 6.45) is 18.1. The molecule has 4 rings (SSSR count). The second kappa shape index (κ2) is 3.35. The molecule has 16 heavy (non-hydrogen) atoms. The minimum atomic E-state index is 0.915. The van der Waals surface area contributed by atoms with Crippen LogP contribution in [0, 0.1) is 23.7 Å². The molecule has 0 aliphatic heterocycles. The van der Waals surface area contributed by atoms with E-state index in [0.717, 1.165) is 23.7 Å². The van der Waals surface area contributed by atoms with Crippen LogP contribution in [0.1, 0.15) is 38.5 Å². The Bertz CT molecular complexity index is 358. The van der Waals surface area contributed by atoms with Gasteiger partial charge in [-0.3, -0.25) is 0 Å². The summed E-state index contributed by atoms with van der Waals surface area (Å²) in [6.45, 7) is 0. The van der Waals surface area contributed by atoms with Gasteiger partial charge >= 0.3 is 0 Å². The smallest absolute Gasteiger partial charge is 0.0162 e. The van der Waals surface area contributed by atoms with Gasteiger partial charge in [0.1, 0.15) is 0 Å². The van der Waals surface area contributed by atoms with Gasteiger partial charge < -0.3 is 0 Å². The number of rotatable bonds is 0. The highest BCUT2D eigenvalue weighted by Crippen LogP contribution is 2.50. The summed E-state index contributed by atoms with van der Waals surface area (Å²) < 4.78 is 0. The lowest BCUT2D eigenvalue weighted by atomic mass is 10.00. The Kier molecular flexibility index (Phi) is 1.94. The fourth-order valence-electron chi connectivity index (χ4n) is 4.41. The van der Waals surface area contributed by atoms with Crippen LogP contribution < -0.4 is 0 Å². The Hall–Kier alpha value is -0.780. The summed E-state index contributed by atoms with van der Waals surface area (Å²) in [6, 6.07) is 0. The standard InChI is InChI=1S/C16H20/c1-3-11-7-15(8-12(11)4-1)16-9-13-5-2-6-14(13)10-16/h1-3,5,11-14H,4,6-10H2/b16-15+. The predicted molar refractivity (Wildman–Crippen MR) is 67.0 cm³/mol. The van der Waals surface area contributed by atoms with E-state index in [1.54, 1.807) is 0 Å². The van der Waals surface area contributed by atoms with E-state index >= 15 is 0 Å². The monoisotopic (exact) mass is 212 g/mol. The van der Waals surface area contributed by atoms with Gasteiger partial charge in [-0.05, 0) is 62.2 Å². The van der Waals surface area contributed by atoms with Gasteiger partial charge in [0.2, 0.25) is 0 Å². The predicted octanol–water partition coefficient (Wildman–Crippen LogP) is 4.26. The van der Waals surface area contributed by atoms with Gasteiger partial charge in [0.05, 0.1) is 0 Å². The molecule has 0 aromatic heterocycles. The molecule has 4 aliphatic rings. The SMILES string of the molecule is C1=CC2C/C(=C3/CC4C=CCC4C3)CC2C1. The van der Waals surface area contributed by atoms with Crippen molar-refractivity contribution in [3.8, 4) is 0 Å². The zero-order valence-electron chi connectivity index (χ0n) is 9.86. The summed E-state index contributed by atoms with van der Waals surface area (Å²) in [7, 11) is 0. The molecule has 0 nitrogen and oxygen atoms in total.